The third kappa shape index (κ3) is 4.43. The van der Waals surface area contributed by atoms with Crippen molar-refractivity contribution in [1.29, 1.82) is 0 Å². The summed E-state index contributed by atoms with van der Waals surface area (Å²) in [4.78, 5) is 21.6. The molecule has 0 aromatic carbocycles. The van der Waals surface area contributed by atoms with E-state index < -0.39 is 5.60 Å². The van der Waals surface area contributed by atoms with E-state index in [1.165, 1.54) is 4.52 Å². The Morgan fingerprint density at radius 1 is 1.27 bits per heavy atom. The first-order chi connectivity index (χ1) is 14.1. The van der Waals surface area contributed by atoms with E-state index in [9.17, 15) is 9.18 Å². The molecule has 0 radical (unpaired) electrons. The molecule has 0 spiro atoms. The van der Waals surface area contributed by atoms with Gasteiger partial charge in [0.15, 0.2) is 11.5 Å². The summed E-state index contributed by atoms with van der Waals surface area (Å²) in [6.07, 6.45) is 3.24. The van der Waals surface area contributed by atoms with Gasteiger partial charge in [-0.1, -0.05) is 13.8 Å². The van der Waals surface area contributed by atoms with Crippen molar-refractivity contribution in [2.75, 3.05) is 13.1 Å². The Bertz CT molecular complexity index is 907. The van der Waals surface area contributed by atoms with E-state index in [-0.39, 0.29) is 35.7 Å². The topological polar surface area (TPSA) is 63.0 Å². The highest BCUT2D eigenvalue weighted by atomic mass is 19.1. The van der Waals surface area contributed by atoms with E-state index in [0.29, 0.717) is 12.2 Å². The number of aryl methyl sites for hydroxylation is 1. The van der Waals surface area contributed by atoms with Crippen molar-refractivity contribution < 1.29 is 13.9 Å². The zero-order chi connectivity index (χ0) is 22.2. The number of ether oxygens (including phenoxy) is 1. The van der Waals surface area contributed by atoms with Crippen molar-refractivity contribution in [3.63, 3.8) is 0 Å². The number of aromatic nitrogens is 3. The van der Waals surface area contributed by atoms with Gasteiger partial charge in [-0.15, -0.1) is 0 Å². The highest BCUT2D eigenvalue weighted by Crippen LogP contribution is 2.30. The van der Waals surface area contributed by atoms with Gasteiger partial charge < -0.3 is 9.64 Å². The molecule has 0 saturated carbocycles. The number of carbonyl (C=O) groups excluding carboxylic acids is 1. The molecule has 2 aromatic heterocycles. The van der Waals surface area contributed by atoms with Crippen LogP contribution in [-0.4, -0.2) is 61.3 Å². The summed E-state index contributed by atoms with van der Waals surface area (Å²) in [6.45, 7) is 15.0. The van der Waals surface area contributed by atoms with Crippen molar-refractivity contribution in [3.8, 4) is 0 Å². The van der Waals surface area contributed by atoms with Gasteiger partial charge in [0.2, 0.25) is 0 Å². The van der Waals surface area contributed by atoms with Crippen LogP contribution in [0, 0.1) is 12.7 Å². The molecule has 1 aliphatic rings. The predicted octanol–water partition coefficient (Wildman–Crippen LogP) is 4.35. The Labute approximate surface area is 178 Å². The van der Waals surface area contributed by atoms with Crippen LogP contribution in [0.1, 0.15) is 71.8 Å². The standard InChI is InChI=1S/C22H34FN5O2/c1-8-16-13-27(21(29)30-22(5,6)7)17(9-2)12-26(16)15(4)18-10-11-28-20(24-18)19(23)14(3)25-28/h10-11,15-17H,8-9,12-13H2,1-7H3/t15?,16-,17+/m1/s1. The van der Waals surface area contributed by atoms with Gasteiger partial charge in [0.05, 0.1) is 11.4 Å². The van der Waals surface area contributed by atoms with Crippen LogP contribution in [0.2, 0.25) is 0 Å². The molecule has 1 saturated heterocycles. The average molecular weight is 420 g/mol. The van der Waals surface area contributed by atoms with E-state index in [0.717, 1.165) is 25.1 Å². The number of fused-ring (bicyclic) bond motifs is 1. The Hall–Kier alpha value is -2.22. The minimum absolute atomic E-state index is 0.00982. The van der Waals surface area contributed by atoms with Crippen LogP contribution in [0.25, 0.3) is 5.65 Å². The molecule has 1 amide bonds. The first-order valence-corrected chi connectivity index (χ1v) is 10.8. The summed E-state index contributed by atoms with van der Waals surface area (Å²) in [6, 6.07) is 2.12. The molecule has 0 bridgehead atoms. The molecule has 3 rings (SSSR count). The summed E-state index contributed by atoms with van der Waals surface area (Å²) in [5.41, 5.74) is 0.884. The summed E-state index contributed by atoms with van der Waals surface area (Å²) in [7, 11) is 0. The Kier molecular flexibility index (Phi) is 6.36. The second kappa shape index (κ2) is 8.49. The van der Waals surface area contributed by atoms with Crippen LogP contribution in [-0.2, 0) is 4.74 Å². The number of carbonyl (C=O) groups is 1. The van der Waals surface area contributed by atoms with E-state index >= 15 is 0 Å². The van der Waals surface area contributed by atoms with Gasteiger partial charge in [0, 0.05) is 37.4 Å². The van der Waals surface area contributed by atoms with Crippen LogP contribution in [0.3, 0.4) is 0 Å². The minimum atomic E-state index is -0.520. The largest absolute Gasteiger partial charge is 0.444 e. The number of rotatable bonds is 4. The van der Waals surface area contributed by atoms with Crippen molar-refractivity contribution in [3.05, 3.63) is 29.5 Å². The number of nitrogens with zero attached hydrogens (tertiary/aromatic N) is 5. The summed E-state index contributed by atoms with van der Waals surface area (Å²) < 4.78 is 21.5. The van der Waals surface area contributed by atoms with Gasteiger partial charge in [0.25, 0.3) is 0 Å². The van der Waals surface area contributed by atoms with Gasteiger partial charge in [-0.2, -0.15) is 5.10 Å². The second-order valence-corrected chi connectivity index (χ2v) is 9.15. The molecule has 3 atom stereocenters. The van der Waals surface area contributed by atoms with Crippen molar-refractivity contribution in [2.24, 2.45) is 0 Å². The lowest BCUT2D eigenvalue weighted by Gasteiger charge is -2.48. The summed E-state index contributed by atoms with van der Waals surface area (Å²) in [5.74, 6) is -0.378. The molecule has 0 aliphatic carbocycles. The van der Waals surface area contributed by atoms with E-state index in [1.807, 2.05) is 31.7 Å². The van der Waals surface area contributed by atoms with Crippen LogP contribution < -0.4 is 0 Å². The Morgan fingerprint density at radius 3 is 2.53 bits per heavy atom. The predicted molar refractivity (Wildman–Crippen MR) is 114 cm³/mol. The number of halogens is 1. The number of piperazine rings is 1. The number of hydrogen-bond acceptors (Lipinski definition) is 5. The zero-order valence-electron chi connectivity index (χ0n) is 19.1. The normalized spacial score (nSPS) is 21.8. The Morgan fingerprint density at radius 2 is 1.93 bits per heavy atom. The fraction of sp³-hybridized carbons (Fsp3) is 0.682. The lowest BCUT2D eigenvalue weighted by Crippen LogP contribution is -2.60. The molecule has 30 heavy (non-hydrogen) atoms. The zero-order valence-corrected chi connectivity index (χ0v) is 19.1. The molecular formula is C22H34FN5O2. The maximum absolute atomic E-state index is 14.4. The van der Waals surface area contributed by atoms with Gasteiger partial charge in [-0.25, -0.2) is 18.7 Å². The molecule has 2 aromatic rings. The maximum atomic E-state index is 14.4. The quantitative estimate of drug-likeness (QED) is 0.737. The molecule has 166 valence electrons. The molecule has 1 unspecified atom stereocenters. The van der Waals surface area contributed by atoms with Crippen LogP contribution in [0.5, 0.6) is 0 Å². The highest BCUT2D eigenvalue weighted by Gasteiger charge is 2.39. The van der Waals surface area contributed by atoms with Crippen molar-refractivity contribution in [2.45, 2.75) is 85.0 Å². The SMILES string of the molecule is CC[C@H]1CN(C(C)c2ccn3nc(C)c(F)c3n2)[C@H](CC)CN1C(=O)OC(C)(C)C. The molecule has 3 heterocycles. The summed E-state index contributed by atoms with van der Waals surface area (Å²) in [5, 5.41) is 4.15. The van der Waals surface area contributed by atoms with Crippen molar-refractivity contribution >= 4 is 11.7 Å². The van der Waals surface area contributed by atoms with Gasteiger partial charge in [-0.3, -0.25) is 4.90 Å². The van der Waals surface area contributed by atoms with Gasteiger partial charge >= 0.3 is 6.09 Å². The first-order valence-electron chi connectivity index (χ1n) is 10.8. The monoisotopic (exact) mass is 419 g/mol. The molecule has 0 N–H and O–H groups in total. The maximum Gasteiger partial charge on any atom is 0.410 e. The lowest BCUT2D eigenvalue weighted by atomic mass is 9.99. The van der Waals surface area contributed by atoms with E-state index in [4.69, 9.17) is 4.74 Å². The minimum Gasteiger partial charge on any atom is -0.444 e. The lowest BCUT2D eigenvalue weighted by molar-refractivity contribution is -0.0272. The molecule has 1 fully saturated rings. The molecule has 7 nitrogen and oxygen atoms in total. The van der Waals surface area contributed by atoms with Crippen molar-refractivity contribution in [1.82, 2.24) is 24.4 Å². The smallest absolute Gasteiger partial charge is 0.410 e. The fourth-order valence-corrected chi connectivity index (χ4v) is 4.13. The van der Waals surface area contributed by atoms with Crippen LogP contribution >= 0.6 is 0 Å². The van der Waals surface area contributed by atoms with Crippen LogP contribution in [0.4, 0.5) is 9.18 Å². The molecular weight excluding hydrogens is 385 g/mol. The third-order valence-electron chi connectivity index (χ3n) is 5.85. The number of amides is 1. The van der Waals surface area contributed by atoms with E-state index in [2.05, 4.69) is 35.8 Å². The first kappa shape index (κ1) is 22.5. The number of hydrogen-bond donors (Lipinski definition) is 0. The fourth-order valence-electron chi connectivity index (χ4n) is 4.13. The average Bonchev–Trinajstić information content (AvgIpc) is 2.98. The summed E-state index contributed by atoms with van der Waals surface area (Å²) >= 11 is 0. The highest BCUT2D eigenvalue weighted by molar-refractivity contribution is 5.69. The molecule has 8 heteroatoms. The van der Waals surface area contributed by atoms with Gasteiger partial charge in [0.1, 0.15) is 5.60 Å². The Balaban J connectivity index is 1.85. The van der Waals surface area contributed by atoms with E-state index in [1.54, 1.807) is 13.1 Å². The molecule has 1 aliphatic heterocycles. The van der Waals surface area contributed by atoms with Crippen LogP contribution in [0.15, 0.2) is 12.3 Å². The third-order valence-corrected chi connectivity index (χ3v) is 5.85. The van der Waals surface area contributed by atoms with Gasteiger partial charge in [-0.05, 0) is 53.5 Å². The second-order valence-electron chi connectivity index (χ2n) is 9.15.